The maximum absolute atomic E-state index is 11.9. The highest BCUT2D eigenvalue weighted by Crippen LogP contribution is 2.34. The molecule has 3 rings (SSSR count). The average Bonchev–Trinajstić information content (AvgIpc) is 2.83. The summed E-state index contributed by atoms with van der Waals surface area (Å²) in [6.07, 6.45) is 0. The van der Waals surface area contributed by atoms with Crippen LogP contribution in [0.25, 0.3) is 16.3 Å². The summed E-state index contributed by atoms with van der Waals surface area (Å²) in [6.45, 7) is 0.275. The molecule has 21 heavy (non-hydrogen) atoms. The fourth-order valence-corrected chi connectivity index (χ4v) is 3.18. The van der Waals surface area contributed by atoms with Crippen molar-refractivity contribution in [2.75, 3.05) is 13.7 Å². The van der Waals surface area contributed by atoms with Crippen molar-refractivity contribution >= 4 is 39.3 Å². The van der Waals surface area contributed by atoms with Crippen LogP contribution in [0.2, 0.25) is 0 Å². The van der Waals surface area contributed by atoms with E-state index < -0.39 is 0 Å². The molecule has 1 saturated heterocycles. The highest BCUT2D eigenvalue weighted by atomic mass is 32.2. The van der Waals surface area contributed by atoms with E-state index in [2.05, 4.69) is 5.32 Å². The second kappa shape index (κ2) is 5.71. The molecule has 2 aromatic carbocycles. The smallest absolute Gasteiger partial charge is 0.290 e. The van der Waals surface area contributed by atoms with Gasteiger partial charge >= 0.3 is 0 Å². The predicted molar refractivity (Wildman–Crippen MR) is 83.9 cm³/mol. The number of ether oxygens (including phenoxy) is 1. The molecule has 5 heteroatoms. The minimum atomic E-state index is -0.356. The molecule has 2 amide bonds. The largest absolute Gasteiger partial charge is 0.380 e. The maximum Gasteiger partial charge on any atom is 0.290 e. The van der Waals surface area contributed by atoms with Crippen LogP contribution < -0.4 is 5.32 Å². The number of imide groups is 1. The molecule has 0 atom stereocenters. The summed E-state index contributed by atoms with van der Waals surface area (Å²) < 4.78 is 5.24. The van der Waals surface area contributed by atoms with E-state index in [-0.39, 0.29) is 17.8 Å². The number of hydrogen-bond acceptors (Lipinski definition) is 4. The number of methoxy groups -OCH3 is 1. The van der Waals surface area contributed by atoms with Crippen molar-refractivity contribution in [3.05, 3.63) is 52.9 Å². The van der Waals surface area contributed by atoms with Crippen LogP contribution in [0.5, 0.6) is 0 Å². The second-order valence-corrected chi connectivity index (χ2v) is 5.59. The minimum Gasteiger partial charge on any atom is -0.380 e. The molecule has 1 aliphatic heterocycles. The summed E-state index contributed by atoms with van der Waals surface area (Å²) >= 11 is 0.925. The Labute approximate surface area is 126 Å². The lowest BCUT2D eigenvalue weighted by molar-refractivity contribution is -0.115. The molecule has 4 nitrogen and oxygen atoms in total. The molecule has 1 heterocycles. The van der Waals surface area contributed by atoms with Gasteiger partial charge in [0, 0.05) is 12.7 Å². The van der Waals surface area contributed by atoms with Crippen molar-refractivity contribution in [2.24, 2.45) is 0 Å². The maximum atomic E-state index is 11.9. The number of carbonyl (C=O) groups is 2. The van der Waals surface area contributed by atoms with Crippen molar-refractivity contribution < 1.29 is 14.3 Å². The molecule has 0 saturated carbocycles. The van der Waals surface area contributed by atoms with E-state index in [4.69, 9.17) is 4.74 Å². The molecule has 1 aliphatic rings. The van der Waals surface area contributed by atoms with E-state index in [0.29, 0.717) is 4.91 Å². The Morgan fingerprint density at radius 2 is 1.90 bits per heavy atom. The van der Waals surface area contributed by atoms with Gasteiger partial charge in [-0.05, 0) is 28.1 Å². The third kappa shape index (κ3) is 2.57. The molecule has 106 valence electrons. The van der Waals surface area contributed by atoms with Gasteiger partial charge in [0.1, 0.15) is 0 Å². The van der Waals surface area contributed by atoms with Gasteiger partial charge in [-0.2, -0.15) is 0 Å². The molecule has 0 bridgehead atoms. The van der Waals surface area contributed by atoms with Gasteiger partial charge < -0.3 is 4.74 Å². The fraction of sp³-hybridized carbons (Fsp3) is 0.125. The Kier molecular flexibility index (Phi) is 3.77. The van der Waals surface area contributed by atoms with E-state index in [0.717, 1.165) is 33.7 Å². The topological polar surface area (TPSA) is 55.4 Å². The number of benzene rings is 2. The van der Waals surface area contributed by atoms with Crippen LogP contribution in [0.1, 0.15) is 5.56 Å². The molecule has 0 aliphatic carbocycles. The second-order valence-electron chi connectivity index (χ2n) is 4.61. The number of amides is 2. The summed E-state index contributed by atoms with van der Waals surface area (Å²) in [7, 11) is 1.57. The van der Waals surface area contributed by atoms with Crippen molar-refractivity contribution in [1.29, 1.82) is 0 Å². The molecule has 0 spiro atoms. The highest BCUT2D eigenvalue weighted by molar-refractivity contribution is 8.18. The number of rotatable bonds is 3. The van der Waals surface area contributed by atoms with Crippen LogP contribution in [0, 0.1) is 0 Å². The first kappa shape index (κ1) is 13.9. The van der Waals surface area contributed by atoms with Gasteiger partial charge in [-0.15, -0.1) is 0 Å². The molecule has 1 fully saturated rings. The first-order chi connectivity index (χ1) is 10.2. The van der Waals surface area contributed by atoms with Crippen molar-refractivity contribution in [1.82, 2.24) is 5.32 Å². The first-order valence-corrected chi connectivity index (χ1v) is 7.25. The number of nitrogens with one attached hydrogen (secondary N) is 1. The van der Waals surface area contributed by atoms with Crippen LogP contribution in [0.4, 0.5) is 4.79 Å². The van der Waals surface area contributed by atoms with Crippen LogP contribution in [-0.2, 0) is 9.53 Å². The highest BCUT2D eigenvalue weighted by Gasteiger charge is 2.29. The Balaban J connectivity index is 2.24. The SMILES string of the molecule is COCC(=C1SC(=O)NC1=O)c1cccc2ccccc12. The Hall–Kier alpha value is -2.11. The van der Waals surface area contributed by atoms with Crippen molar-refractivity contribution in [3.8, 4) is 0 Å². The van der Waals surface area contributed by atoms with Gasteiger partial charge in [0.2, 0.25) is 0 Å². The van der Waals surface area contributed by atoms with Crippen molar-refractivity contribution in [3.63, 3.8) is 0 Å². The Morgan fingerprint density at radius 3 is 2.62 bits per heavy atom. The Bertz CT molecular complexity index is 762. The van der Waals surface area contributed by atoms with Gasteiger partial charge in [-0.25, -0.2) is 0 Å². The zero-order valence-electron chi connectivity index (χ0n) is 11.4. The minimum absolute atomic E-state index is 0.275. The lowest BCUT2D eigenvalue weighted by Crippen LogP contribution is -2.18. The fourth-order valence-electron chi connectivity index (χ4n) is 2.41. The summed E-state index contributed by atoms with van der Waals surface area (Å²) in [5, 5.41) is 4.07. The summed E-state index contributed by atoms with van der Waals surface area (Å²) in [5.41, 5.74) is 1.66. The summed E-state index contributed by atoms with van der Waals surface area (Å²) in [4.78, 5) is 23.8. The standard InChI is InChI=1S/C16H13NO3S/c1-20-9-13(14-15(18)17-16(19)21-14)12-8-4-6-10-5-2-3-7-11(10)12/h2-8H,9H2,1H3,(H,17,18,19). The lowest BCUT2D eigenvalue weighted by atomic mass is 9.98. The molecule has 1 N–H and O–H groups in total. The van der Waals surface area contributed by atoms with Crippen molar-refractivity contribution in [2.45, 2.75) is 0 Å². The van der Waals surface area contributed by atoms with Gasteiger partial charge in [-0.3, -0.25) is 14.9 Å². The molecular formula is C16H13NO3S. The zero-order chi connectivity index (χ0) is 14.8. The lowest BCUT2D eigenvalue weighted by Gasteiger charge is -2.12. The third-order valence-electron chi connectivity index (χ3n) is 3.29. The van der Waals surface area contributed by atoms with E-state index in [9.17, 15) is 9.59 Å². The normalized spacial score (nSPS) is 17.2. The zero-order valence-corrected chi connectivity index (χ0v) is 12.2. The average molecular weight is 299 g/mol. The van der Waals surface area contributed by atoms with Gasteiger partial charge in [-0.1, -0.05) is 42.5 Å². The van der Waals surface area contributed by atoms with Crippen LogP contribution >= 0.6 is 11.8 Å². The molecule has 0 radical (unpaired) electrons. The molecular weight excluding hydrogens is 286 g/mol. The van der Waals surface area contributed by atoms with Gasteiger partial charge in [0.25, 0.3) is 11.1 Å². The quantitative estimate of drug-likeness (QED) is 0.884. The number of hydrogen-bond donors (Lipinski definition) is 1. The van der Waals surface area contributed by atoms with Gasteiger partial charge in [0.15, 0.2) is 0 Å². The van der Waals surface area contributed by atoms with E-state index in [1.165, 1.54) is 0 Å². The van der Waals surface area contributed by atoms with E-state index in [1.807, 2.05) is 42.5 Å². The number of fused-ring (bicyclic) bond motifs is 1. The number of thioether (sulfide) groups is 1. The van der Waals surface area contributed by atoms with Crippen LogP contribution in [0.15, 0.2) is 47.4 Å². The molecule has 0 unspecified atom stereocenters. The third-order valence-corrected chi connectivity index (χ3v) is 4.22. The number of carbonyl (C=O) groups excluding carboxylic acids is 2. The predicted octanol–water partition coefficient (Wildman–Crippen LogP) is 3.18. The van der Waals surface area contributed by atoms with Crippen LogP contribution in [0.3, 0.4) is 0 Å². The van der Waals surface area contributed by atoms with E-state index >= 15 is 0 Å². The monoisotopic (exact) mass is 299 g/mol. The summed E-state index contributed by atoms with van der Waals surface area (Å²) in [5.74, 6) is -0.356. The van der Waals surface area contributed by atoms with E-state index in [1.54, 1.807) is 7.11 Å². The first-order valence-electron chi connectivity index (χ1n) is 6.44. The van der Waals surface area contributed by atoms with Gasteiger partial charge in [0.05, 0.1) is 11.5 Å². The van der Waals surface area contributed by atoms with Crippen LogP contribution in [-0.4, -0.2) is 24.9 Å². The molecule has 2 aromatic rings. The molecule has 0 aromatic heterocycles. The Morgan fingerprint density at radius 1 is 1.14 bits per heavy atom. The summed E-state index contributed by atoms with van der Waals surface area (Å²) in [6, 6.07) is 13.8.